The van der Waals surface area contributed by atoms with Crippen molar-refractivity contribution in [2.24, 2.45) is 11.7 Å². The number of hydrogen-bond donors (Lipinski definition) is 2. The Morgan fingerprint density at radius 1 is 1.25 bits per heavy atom. The molecular formula is C22H23ClN4O4S. The van der Waals surface area contributed by atoms with E-state index in [-0.39, 0.29) is 16.6 Å². The third-order valence-corrected chi connectivity index (χ3v) is 6.69. The molecule has 3 amide bonds. The average Bonchev–Trinajstić information content (AvgIpc) is 2.73. The maximum atomic E-state index is 13.6. The van der Waals surface area contributed by atoms with Gasteiger partial charge in [0.05, 0.1) is 29.0 Å². The number of amides is 3. The number of methoxy groups -OCH3 is 1. The third-order valence-electron chi connectivity index (χ3n) is 4.79. The molecule has 0 radical (unpaired) electrons. The van der Waals surface area contributed by atoms with Crippen molar-refractivity contribution in [2.75, 3.05) is 7.11 Å². The number of halogens is 1. The number of aryl methyl sites for hydroxylation is 1. The van der Waals surface area contributed by atoms with Gasteiger partial charge in [-0.2, -0.15) is 0 Å². The number of nitrogens with two attached hydrogens (primary N) is 1. The van der Waals surface area contributed by atoms with Gasteiger partial charge >= 0.3 is 6.03 Å². The summed E-state index contributed by atoms with van der Waals surface area (Å²) in [5.74, 6) is -0.375. The molecule has 168 valence electrons. The predicted molar refractivity (Wildman–Crippen MR) is 126 cm³/mol. The van der Waals surface area contributed by atoms with Gasteiger partial charge in [-0.05, 0) is 36.6 Å². The number of ether oxygens (including phenoxy) is 1. The Balaban J connectivity index is 2.29. The van der Waals surface area contributed by atoms with Crippen LogP contribution in [0.1, 0.15) is 19.4 Å². The molecule has 3 N–H and O–H groups in total. The van der Waals surface area contributed by atoms with Crippen LogP contribution < -0.4 is 21.3 Å². The number of nitrogens with zero attached hydrogens (tertiary/aromatic N) is 2. The molecule has 1 aromatic heterocycles. The molecule has 0 spiro atoms. The third kappa shape index (κ3) is 4.73. The van der Waals surface area contributed by atoms with Gasteiger partial charge in [-0.1, -0.05) is 49.3 Å². The lowest BCUT2D eigenvalue weighted by Gasteiger charge is -2.22. The molecule has 32 heavy (non-hydrogen) atoms. The van der Waals surface area contributed by atoms with Gasteiger partial charge in [0.2, 0.25) is 5.91 Å². The highest BCUT2D eigenvalue weighted by Crippen LogP contribution is 2.34. The van der Waals surface area contributed by atoms with Crippen LogP contribution >= 0.6 is 23.4 Å². The number of fused-ring (bicyclic) bond motifs is 1. The van der Waals surface area contributed by atoms with Gasteiger partial charge in [0.25, 0.3) is 5.56 Å². The van der Waals surface area contributed by atoms with Gasteiger partial charge in [-0.25, -0.2) is 9.78 Å². The van der Waals surface area contributed by atoms with Crippen LogP contribution in [0.5, 0.6) is 5.75 Å². The van der Waals surface area contributed by atoms with Crippen molar-refractivity contribution in [3.05, 3.63) is 57.3 Å². The lowest BCUT2D eigenvalue weighted by atomic mass is 10.1. The summed E-state index contributed by atoms with van der Waals surface area (Å²) in [5, 5.41) is 2.55. The predicted octanol–water partition coefficient (Wildman–Crippen LogP) is 3.67. The van der Waals surface area contributed by atoms with E-state index in [1.165, 1.54) is 11.7 Å². The van der Waals surface area contributed by atoms with Crippen molar-refractivity contribution in [1.29, 1.82) is 0 Å². The van der Waals surface area contributed by atoms with Crippen LogP contribution in [0.25, 0.3) is 16.6 Å². The van der Waals surface area contributed by atoms with Crippen LogP contribution in [-0.4, -0.2) is 33.8 Å². The van der Waals surface area contributed by atoms with E-state index in [2.05, 4.69) is 10.3 Å². The van der Waals surface area contributed by atoms with Crippen LogP contribution in [0, 0.1) is 12.8 Å². The molecule has 0 aliphatic heterocycles. The smallest absolute Gasteiger partial charge is 0.318 e. The number of nitrogens with one attached hydrogen (secondary N) is 1. The van der Waals surface area contributed by atoms with E-state index in [0.717, 1.165) is 17.3 Å². The van der Waals surface area contributed by atoms with E-state index in [0.29, 0.717) is 27.4 Å². The van der Waals surface area contributed by atoms with Crippen LogP contribution in [0.3, 0.4) is 0 Å². The first kappa shape index (κ1) is 23.6. The second-order valence-electron chi connectivity index (χ2n) is 7.46. The second-order valence-corrected chi connectivity index (χ2v) is 8.98. The van der Waals surface area contributed by atoms with Crippen molar-refractivity contribution >= 4 is 46.2 Å². The monoisotopic (exact) mass is 474 g/mol. The van der Waals surface area contributed by atoms with Gasteiger partial charge in [0.15, 0.2) is 5.16 Å². The van der Waals surface area contributed by atoms with E-state index in [9.17, 15) is 14.4 Å². The lowest BCUT2D eigenvalue weighted by Crippen LogP contribution is -2.42. The van der Waals surface area contributed by atoms with Gasteiger partial charge in [-0.15, -0.1) is 0 Å². The van der Waals surface area contributed by atoms with E-state index in [1.807, 2.05) is 20.8 Å². The van der Waals surface area contributed by atoms with E-state index in [4.69, 9.17) is 22.1 Å². The first-order valence-electron chi connectivity index (χ1n) is 9.77. The molecule has 0 aliphatic rings. The Bertz CT molecular complexity index is 1260. The summed E-state index contributed by atoms with van der Waals surface area (Å²) in [5.41, 5.74) is 6.48. The number of primary amides is 1. The van der Waals surface area contributed by atoms with Crippen molar-refractivity contribution in [2.45, 2.75) is 31.2 Å². The van der Waals surface area contributed by atoms with Gasteiger partial charge in [0.1, 0.15) is 5.75 Å². The molecule has 1 heterocycles. The quantitative estimate of drug-likeness (QED) is 0.416. The minimum Gasteiger partial charge on any atom is -0.495 e. The van der Waals surface area contributed by atoms with Crippen molar-refractivity contribution in [3.8, 4) is 11.4 Å². The number of urea groups is 1. The summed E-state index contributed by atoms with van der Waals surface area (Å²) >= 11 is 7.33. The minimum atomic E-state index is -0.944. The standard InChI is InChI=1S/C22H23ClN4O4S/c1-11(2)18(19(28)26-21(24)30)32-22-25-15-8-6-5-7-13(15)20(29)27(22)16-9-12(3)14(23)10-17(16)31-4/h5-11,18H,1-4H3,(H3,24,26,28,30). The molecule has 0 saturated heterocycles. The summed E-state index contributed by atoms with van der Waals surface area (Å²) in [7, 11) is 1.48. The van der Waals surface area contributed by atoms with Crippen LogP contribution in [-0.2, 0) is 4.79 Å². The van der Waals surface area contributed by atoms with Crippen molar-refractivity contribution in [1.82, 2.24) is 14.9 Å². The zero-order valence-electron chi connectivity index (χ0n) is 18.0. The Morgan fingerprint density at radius 2 is 1.94 bits per heavy atom. The maximum Gasteiger partial charge on any atom is 0.318 e. The average molecular weight is 475 g/mol. The topological polar surface area (TPSA) is 116 Å². The summed E-state index contributed by atoms with van der Waals surface area (Å²) in [6.45, 7) is 5.47. The van der Waals surface area contributed by atoms with Crippen molar-refractivity contribution in [3.63, 3.8) is 0 Å². The number of rotatable bonds is 6. The molecule has 8 nitrogen and oxygen atoms in total. The number of hydrogen-bond acceptors (Lipinski definition) is 6. The normalized spacial score (nSPS) is 12.1. The first-order chi connectivity index (χ1) is 15.1. The largest absolute Gasteiger partial charge is 0.495 e. The molecule has 3 aromatic rings. The second kappa shape index (κ2) is 9.62. The van der Waals surface area contributed by atoms with Crippen LogP contribution in [0.2, 0.25) is 5.02 Å². The van der Waals surface area contributed by atoms with Crippen LogP contribution in [0.15, 0.2) is 46.3 Å². The molecular weight excluding hydrogens is 452 g/mol. The molecule has 1 atom stereocenters. The van der Waals surface area contributed by atoms with E-state index in [1.54, 1.807) is 36.4 Å². The molecule has 2 aromatic carbocycles. The molecule has 1 unspecified atom stereocenters. The Labute approximate surface area is 194 Å². The highest BCUT2D eigenvalue weighted by Gasteiger charge is 2.28. The summed E-state index contributed by atoms with van der Waals surface area (Å²) in [4.78, 5) is 42.1. The van der Waals surface area contributed by atoms with Crippen molar-refractivity contribution < 1.29 is 14.3 Å². The fourth-order valence-corrected chi connectivity index (χ4v) is 4.45. The summed E-state index contributed by atoms with van der Waals surface area (Å²) in [6.07, 6.45) is 0. The highest BCUT2D eigenvalue weighted by atomic mass is 35.5. The first-order valence-corrected chi connectivity index (χ1v) is 11.0. The molecule has 10 heteroatoms. The van der Waals surface area contributed by atoms with E-state index < -0.39 is 17.2 Å². The number of imide groups is 1. The molecule has 0 saturated carbocycles. The maximum absolute atomic E-state index is 13.6. The minimum absolute atomic E-state index is 0.190. The highest BCUT2D eigenvalue weighted by molar-refractivity contribution is 8.00. The van der Waals surface area contributed by atoms with Gasteiger partial charge < -0.3 is 10.5 Å². The number of para-hydroxylation sites is 1. The Kier molecular flexibility index (Phi) is 7.10. The lowest BCUT2D eigenvalue weighted by molar-refractivity contribution is -0.120. The van der Waals surface area contributed by atoms with E-state index >= 15 is 0 Å². The summed E-state index contributed by atoms with van der Waals surface area (Å²) in [6, 6.07) is 9.36. The molecule has 0 aliphatic carbocycles. The summed E-state index contributed by atoms with van der Waals surface area (Å²) < 4.78 is 6.89. The number of thioether (sulfide) groups is 1. The number of carbonyl (C=O) groups excluding carboxylic acids is 2. The zero-order valence-corrected chi connectivity index (χ0v) is 19.6. The molecule has 3 rings (SSSR count). The zero-order chi connectivity index (χ0) is 23.6. The molecule has 0 bridgehead atoms. The fourth-order valence-electron chi connectivity index (χ4n) is 3.19. The number of aromatic nitrogens is 2. The SMILES string of the molecule is COc1cc(Cl)c(C)cc1-n1c(SC(C(=O)NC(N)=O)C(C)C)nc2ccccc2c1=O. The Hall–Kier alpha value is -3.04. The number of benzene rings is 2. The molecule has 0 fully saturated rings. The Morgan fingerprint density at radius 3 is 2.56 bits per heavy atom. The van der Waals surface area contributed by atoms with Gasteiger partial charge in [-0.3, -0.25) is 19.5 Å². The van der Waals surface area contributed by atoms with Gasteiger partial charge in [0, 0.05) is 11.1 Å². The fraction of sp³-hybridized carbons (Fsp3) is 0.273. The van der Waals surface area contributed by atoms with Crippen LogP contribution in [0.4, 0.5) is 4.79 Å². The number of carbonyl (C=O) groups is 2.